The van der Waals surface area contributed by atoms with Crippen LogP contribution in [0.1, 0.15) is 17.1 Å². The maximum absolute atomic E-state index is 13.1. The highest BCUT2D eigenvalue weighted by Gasteiger charge is 2.21. The summed E-state index contributed by atoms with van der Waals surface area (Å²) in [6.45, 7) is 5.30. The number of carbonyl (C=O) groups is 1. The molecule has 0 atom stereocenters. The van der Waals surface area contributed by atoms with Gasteiger partial charge in [-0.3, -0.25) is 9.69 Å². The fourth-order valence-electron chi connectivity index (χ4n) is 3.81. The maximum Gasteiger partial charge on any atom is 0.246 e. The fraction of sp³-hybridized carbons (Fsp3) is 0.231. The second kappa shape index (κ2) is 10.3. The molecule has 4 aromatic rings. The number of aryl methyl sites for hydroxylation is 1. The summed E-state index contributed by atoms with van der Waals surface area (Å²) in [5.74, 6) is 0.838. The van der Waals surface area contributed by atoms with Gasteiger partial charge in [0, 0.05) is 48.8 Å². The Balaban J connectivity index is 1.12. The van der Waals surface area contributed by atoms with Gasteiger partial charge in [-0.05, 0) is 37.3 Å². The molecule has 2 aromatic heterocycles. The van der Waals surface area contributed by atoms with Crippen molar-refractivity contribution in [3.05, 3.63) is 83.0 Å². The summed E-state index contributed by atoms with van der Waals surface area (Å²) >= 11 is 1.46. The van der Waals surface area contributed by atoms with Crippen molar-refractivity contribution in [3.8, 4) is 22.0 Å². The van der Waals surface area contributed by atoms with Gasteiger partial charge in [0.2, 0.25) is 17.6 Å². The number of benzene rings is 2. The van der Waals surface area contributed by atoms with E-state index in [4.69, 9.17) is 4.52 Å². The maximum atomic E-state index is 13.1. The highest BCUT2D eigenvalue weighted by atomic mass is 32.1. The lowest BCUT2D eigenvalue weighted by Gasteiger charge is -2.33. The predicted molar refractivity (Wildman–Crippen MR) is 133 cm³/mol. The zero-order valence-electron chi connectivity index (χ0n) is 19.2. The average molecular weight is 490 g/mol. The number of halogens is 1. The summed E-state index contributed by atoms with van der Waals surface area (Å²) in [5.41, 5.74) is 3.67. The minimum atomic E-state index is -0.278. The van der Waals surface area contributed by atoms with Gasteiger partial charge in [0.1, 0.15) is 10.8 Å². The van der Waals surface area contributed by atoms with Gasteiger partial charge >= 0.3 is 0 Å². The first-order valence-electron chi connectivity index (χ1n) is 11.3. The van der Waals surface area contributed by atoms with Crippen molar-refractivity contribution < 1.29 is 13.7 Å². The van der Waals surface area contributed by atoms with Gasteiger partial charge < -0.3 is 9.42 Å². The number of nitrogens with zero attached hydrogens (tertiary/aromatic N) is 5. The summed E-state index contributed by atoms with van der Waals surface area (Å²) < 4.78 is 18.6. The van der Waals surface area contributed by atoms with E-state index in [9.17, 15) is 9.18 Å². The Morgan fingerprint density at radius 2 is 1.74 bits per heavy atom. The van der Waals surface area contributed by atoms with Crippen LogP contribution in [0.4, 0.5) is 4.39 Å². The van der Waals surface area contributed by atoms with Crippen molar-refractivity contribution in [3.63, 3.8) is 0 Å². The number of hydrogen-bond acceptors (Lipinski definition) is 7. The SMILES string of the molecule is Cc1ccc(-c2noc(CN3CCN(C(=O)/C=C/c4csc(-c5ccc(F)cc5)n4)CC3)n2)cc1. The van der Waals surface area contributed by atoms with Gasteiger partial charge in [-0.2, -0.15) is 4.98 Å². The zero-order valence-corrected chi connectivity index (χ0v) is 20.0. The van der Waals surface area contributed by atoms with Crippen LogP contribution in [0.2, 0.25) is 0 Å². The molecule has 35 heavy (non-hydrogen) atoms. The lowest BCUT2D eigenvalue weighted by Crippen LogP contribution is -2.47. The quantitative estimate of drug-likeness (QED) is 0.367. The molecule has 178 valence electrons. The molecule has 0 spiro atoms. The van der Waals surface area contributed by atoms with Crippen LogP contribution in [0.25, 0.3) is 28.0 Å². The van der Waals surface area contributed by atoms with E-state index in [1.807, 2.05) is 41.5 Å². The number of carbonyl (C=O) groups excluding carboxylic acids is 1. The molecular formula is C26H24FN5O2S. The highest BCUT2D eigenvalue weighted by molar-refractivity contribution is 7.13. The van der Waals surface area contributed by atoms with Crippen molar-refractivity contribution in [2.45, 2.75) is 13.5 Å². The van der Waals surface area contributed by atoms with Gasteiger partial charge in [0.15, 0.2) is 0 Å². The molecule has 1 amide bonds. The van der Waals surface area contributed by atoms with Crippen molar-refractivity contribution in [2.24, 2.45) is 0 Å². The first-order valence-corrected chi connectivity index (χ1v) is 12.2. The first-order chi connectivity index (χ1) is 17.0. The Bertz CT molecular complexity index is 1320. The number of piperazine rings is 1. The Hall–Kier alpha value is -3.69. The van der Waals surface area contributed by atoms with Gasteiger partial charge in [-0.1, -0.05) is 35.0 Å². The van der Waals surface area contributed by atoms with Crippen LogP contribution in [0.15, 0.2) is 64.5 Å². The monoisotopic (exact) mass is 489 g/mol. The number of hydrogen-bond donors (Lipinski definition) is 0. The molecule has 1 aliphatic heterocycles. The number of rotatable bonds is 6. The van der Waals surface area contributed by atoms with E-state index >= 15 is 0 Å². The first kappa shape index (κ1) is 23.1. The molecule has 0 bridgehead atoms. The molecular weight excluding hydrogens is 465 g/mol. The number of aromatic nitrogens is 3. The molecule has 2 aromatic carbocycles. The van der Waals surface area contributed by atoms with Crippen LogP contribution in [0, 0.1) is 12.7 Å². The smallest absolute Gasteiger partial charge is 0.246 e. The summed E-state index contributed by atoms with van der Waals surface area (Å²) in [6.07, 6.45) is 3.29. The topological polar surface area (TPSA) is 75.4 Å². The van der Waals surface area contributed by atoms with Crippen LogP contribution in [-0.4, -0.2) is 57.0 Å². The van der Waals surface area contributed by atoms with Crippen LogP contribution in [-0.2, 0) is 11.3 Å². The van der Waals surface area contributed by atoms with E-state index in [0.717, 1.165) is 29.2 Å². The fourth-order valence-corrected chi connectivity index (χ4v) is 4.60. The third-order valence-electron chi connectivity index (χ3n) is 5.83. The van der Waals surface area contributed by atoms with Crippen molar-refractivity contribution in [1.82, 2.24) is 24.9 Å². The van der Waals surface area contributed by atoms with E-state index in [1.165, 1.54) is 29.0 Å². The lowest BCUT2D eigenvalue weighted by molar-refractivity contribution is -0.127. The summed E-state index contributed by atoms with van der Waals surface area (Å²) in [4.78, 5) is 25.7. The molecule has 1 saturated heterocycles. The minimum absolute atomic E-state index is 0.0413. The molecule has 1 fully saturated rings. The molecule has 0 aliphatic carbocycles. The Morgan fingerprint density at radius 3 is 2.49 bits per heavy atom. The second-order valence-electron chi connectivity index (χ2n) is 8.40. The Kier molecular flexibility index (Phi) is 6.78. The Morgan fingerprint density at radius 1 is 1.03 bits per heavy atom. The lowest BCUT2D eigenvalue weighted by atomic mass is 10.1. The molecule has 0 unspecified atom stereocenters. The van der Waals surface area contributed by atoms with Crippen LogP contribution < -0.4 is 0 Å². The predicted octanol–water partition coefficient (Wildman–Crippen LogP) is 4.67. The molecule has 0 N–H and O–H groups in total. The van der Waals surface area contributed by atoms with E-state index in [0.29, 0.717) is 37.0 Å². The average Bonchev–Trinajstić information content (AvgIpc) is 3.54. The standard InChI is InChI=1S/C26H24FN5O2S/c1-18-2-4-19(5-3-18)25-29-23(34-30-25)16-31-12-14-32(15-13-31)24(33)11-10-22-17-35-26(28-22)20-6-8-21(27)9-7-20/h2-11,17H,12-16H2,1H3/b11-10+. The summed E-state index contributed by atoms with van der Waals surface area (Å²) in [7, 11) is 0. The van der Waals surface area contributed by atoms with Crippen LogP contribution in [0.5, 0.6) is 0 Å². The van der Waals surface area contributed by atoms with Gasteiger partial charge in [0.05, 0.1) is 12.2 Å². The molecule has 0 saturated carbocycles. The van der Waals surface area contributed by atoms with Crippen molar-refractivity contribution in [2.75, 3.05) is 26.2 Å². The zero-order chi connectivity index (χ0) is 24.2. The summed E-state index contributed by atoms with van der Waals surface area (Å²) in [6, 6.07) is 14.2. The van der Waals surface area contributed by atoms with Crippen LogP contribution in [0.3, 0.4) is 0 Å². The number of amides is 1. The van der Waals surface area contributed by atoms with E-state index in [2.05, 4.69) is 20.0 Å². The van der Waals surface area contributed by atoms with E-state index in [1.54, 1.807) is 24.3 Å². The number of thiazole rings is 1. The second-order valence-corrected chi connectivity index (χ2v) is 9.26. The largest absolute Gasteiger partial charge is 0.338 e. The van der Waals surface area contributed by atoms with Crippen molar-refractivity contribution in [1.29, 1.82) is 0 Å². The van der Waals surface area contributed by atoms with E-state index in [-0.39, 0.29) is 11.7 Å². The Labute approximate surface area is 206 Å². The van der Waals surface area contributed by atoms with Crippen molar-refractivity contribution >= 4 is 23.3 Å². The van der Waals surface area contributed by atoms with E-state index < -0.39 is 0 Å². The molecule has 1 aliphatic rings. The molecule has 5 rings (SSSR count). The van der Waals surface area contributed by atoms with Gasteiger partial charge in [-0.25, -0.2) is 9.37 Å². The summed E-state index contributed by atoms with van der Waals surface area (Å²) in [5, 5.41) is 6.77. The minimum Gasteiger partial charge on any atom is -0.338 e. The molecule has 3 heterocycles. The molecule has 0 radical (unpaired) electrons. The van der Waals surface area contributed by atoms with Crippen LogP contribution >= 0.6 is 11.3 Å². The normalized spacial score (nSPS) is 14.6. The third-order valence-corrected chi connectivity index (χ3v) is 6.74. The highest BCUT2D eigenvalue weighted by Crippen LogP contribution is 2.24. The van der Waals surface area contributed by atoms with Gasteiger partial charge in [0.25, 0.3) is 0 Å². The van der Waals surface area contributed by atoms with Gasteiger partial charge in [-0.15, -0.1) is 11.3 Å². The third kappa shape index (κ3) is 5.70. The molecule has 9 heteroatoms. The molecule has 7 nitrogen and oxygen atoms in total.